The molecule has 1 atom stereocenters. The number of carbonyl (C=O) groups is 1. The Morgan fingerprint density at radius 3 is 2.49 bits per heavy atom. The first kappa shape index (κ1) is 23.9. The summed E-state index contributed by atoms with van der Waals surface area (Å²) in [5.74, 6) is 1.17. The van der Waals surface area contributed by atoms with Crippen LogP contribution in [0.5, 0.6) is 0 Å². The van der Waals surface area contributed by atoms with Crippen LogP contribution in [0.3, 0.4) is 0 Å². The Morgan fingerprint density at radius 2 is 1.72 bits per heavy atom. The van der Waals surface area contributed by atoms with Gasteiger partial charge in [0.05, 0.1) is 28.3 Å². The van der Waals surface area contributed by atoms with E-state index in [0.29, 0.717) is 36.5 Å². The predicted molar refractivity (Wildman–Crippen MR) is 143 cm³/mol. The van der Waals surface area contributed by atoms with Crippen LogP contribution in [-0.2, 0) is 17.5 Å². The highest BCUT2D eigenvalue weighted by atomic mass is 19.4. The van der Waals surface area contributed by atoms with Crippen molar-refractivity contribution in [1.82, 2.24) is 24.6 Å². The molecule has 1 aliphatic carbocycles. The van der Waals surface area contributed by atoms with Crippen LogP contribution in [0.15, 0.2) is 66.9 Å². The third-order valence-electron chi connectivity index (χ3n) is 7.96. The van der Waals surface area contributed by atoms with E-state index in [-0.39, 0.29) is 17.7 Å². The predicted octanol–water partition coefficient (Wildman–Crippen LogP) is 6.52. The van der Waals surface area contributed by atoms with Crippen LogP contribution in [-0.4, -0.2) is 43.6 Å². The lowest BCUT2D eigenvalue weighted by atomic mass is 10.0. The molecule has 3 heterocycles. The Hall–Kier alpha value is -4.14. The number of rotatable bonds is 5. The number of aromatic amines is 1. The smallest absolute Gasteiger partial charge is 0.342 e. The molecule has 9 heteroatoms. The van der Waals surface area contributed by atoms with E-state index in [9.17, 15) is 18.0 Å². The summed E-state index contributed by atoms with van der Waals surface area (Å²) >= 11 is 0. The minimum Gasteiger partial charge on any atom is -0.342 e. The Kier molecular flexibility index (Phi) is 5.50. The van der Waals surface area contributed by atoms with Crippen molar-refractivity contribution >= 4 is 27.8 Å². The second kappa shape index (κ2) is 8.97. The quantitative estimate of drug-likeness (QED) is 0.282. The molecule has 0 spiro atoms. The molecule has 1 saturated carbocycles. The molecule has 3 aromatic carbocycles. The van der Waals surface area contributed by atoms with Gasteiger partial charge in [-0.25, -0.2) is 4.98 Å². The van der Waals surface area contributed by atoms with Gasteiger partial charge in [0.2, 0.25) is 5.91 Å². The zero-order valence-electron chi connectivity index (χ0n) is 21.1. The zero-order valence-corrected chi connectivity index (χ0v) is 21.1. The zero-order chi connectivity index (χ0) is 26.7. The van der Waals surface area contributed by atoms with Crippen molar-refractivity contribution in [2.24, 2.45) is 11.8 Å². The van der Waals surface area contributed by atoms with Crippen molar-refractivity contribution in [2.75, 3.05) is 13.1 Å². The number of nitrogens with one attached hydrogen (secondary N) is 1. The van der Waals surface area contributed by atoms with Crippen molar-refractivity contribution < 1.29 is 18.0 Å². The monoisotopic (exact) mass is 529 g/mol. The Balaban J connectivity index is 1.24. The molecule has 2 fully saturated rings. The summed E-state index contributed by atoms with van der Waals surface area (Å²) in [7, 11) is 0. The average Bonchev–Trinajstić information content (AvgIpc) is 3.33. The summed E-state index contributed by atoms with van der Waals surface area (Å²) in [6.45, 7) is 1.83. The van der Waals surface area contributed by atoms with Crippen LogP contribution in [0.2, 0.25) is 0 Å². The van der Waals surface area contributed by atoms with Crippen LogP contribution in [0.1, 0.15) is 24.8 Å². The van der Waals surface area contributed by atoms with Gasteiger partial charge >= 0.3 is 6.18 Å². The molecule has 198 valence electrons. The molecule has 1 amide bonds. The third-order valence-corrected chi connectivity index (χ3v) is 7.96. The molecule has 1 N–H and O–H groups in total. The highest BCUT2D eigenvalue weighted by Crippen LogP contribution is 2.36. The summed E-state index contributed by atoms with van der Waals surface area (Å²) in [4.78, 5) is 19.3. The lowest BCUT2D eigenvalue weighted by Crippen LogP contribution is -2.30. The number of H-pyrrole nitrogens is 1. The lowest BCUT2D eigenvalue weighted by molar-refractivity contribution is -0.137. The van der Waals surface area contributed by atoms with E-state index < -0.39 is 11.7 Å². The minimum atomic E-state index is -4.44. The number of hydrogen-bond donors (Lipinski definition) is 1. The molecule has 2 aromatic heterocycles. The first-order chi connectivity index (χ1) is 18.8. The summed E-state index contributed by atoms with van der Waals surface area (Å²) in [6.07, 6.45) is 0.0893. The van der Waals surface area contributed by atoms with Gasteiger partial charge in [0, 0.05) is 36.5 Å². The van der Waals surface area contributed by atoms with Crippen molar-refractivity contribution in [3.8, 4) is 22.5 Å². The van der Waals surface area contributed by atoms with E-state index in [1.165, 1.54) is 12.1 Å². The number of hydrogen-bond acceptors (Lipinski definition) is 3. The largest absolute Gasteiger partial charge is 0.416 e. The molecule has 0 unspecified atom stereocenters. The maximum Gasteiger partial charge on any atom is 0.416 e. The standard InChI is InChI=1S/C30H26F3N5O/c31-30(32,33)24-8-10-26-27(14-24)38(17-18-11-12-37(16-18)29(39)21-5-6-21)28(35-26)20-3-1-19(2-4-20)22-7-9-25-23(13-22)15-34-36-25/h1-4,7-10,13-15,18,21H,5-6,11-12,16-17H2,(H,34,36)/t18-/m0/s1. The number of alkyl halides is 3. The Morgan fingerprint density at radius 1 is 0.949 bits per heavy atom. The van der Waals surface area contributed by atoms with Crippen LogP contribution >= 0.6 is 0 Å². The first-order valence-corrected chi connectivity index (χ1v) is 13.2. The molecule has 1 aliphatic heterocycles. The number of aromatic nitrogens is 4. The number of amides is 1. The number of carbonyl (C=O) groups excluding carboxylic acids is 1. The molecule has 5 aromatic rings. The minimum absolute atomic E-state index is 0.152. The second-order valence-corrected chi connectivity index (χ2v) is 10.7. The van der Waals surface area contributed by atoms with Gasteiger partial charge in [-0.3, -0.25) is 9.89 Å². The maximum atomic E-state index is 13.6. The fourth-order valence-corrected chi connectivity index (χ4v) is 5.67. The van der Waals surface area contributed by atoms with Crippen molar-refractivity contribution in [3.05, 3.63) is 72.4 Å². The molecule has 2 aliphatic rings. The number of benzene rings is 3. The summed E-state index contributed by atoms with van der Waals surface area (Å²) in [5, 5.41) is 8.05. The molecular formula is C30H26F3N5O. The molecule has 7 rings (SSSR count). The molecular weight excluding hydrogens is 503 g/mol. The highest BCUT2D eigenvalue weighted by Gasteiger charge is 2.37. The fraction of sp³-hybridized carbons (Fsp3) is 0.300. The van der Waals surface area contributed by atoms with E-state index in [4.69, 9.17) is 4.98 Å². The molecule has 0 radical (unpaired) electrons. The van der Waals surface area contributed by atoms with Crippen molar-refractivity contribution in [2.45, 2.75) is 32.0 Å². The van der Waals surface area contributed by atoms with Gasteiger partial charge in [0.25, 0.3) is 0 Å². The average molecular weight is 530 g/mol. The summed E-state index contributed by atoms with van der Waals surface area (Å²) in [6, 6.07) is 17.8. The number of imidazole rings is 1. The number of fused-ring (bicyclic) bond motifs is 2. The van der Waals surface area contributed by atoms with Gasteiger partial charge in [-0.1, -0.05) is 30.3 Å². The van der Waals surface area contributed by atoms with Gasteiger partial charge in [-0.2, -0.15) is 18.3 Å². The van der Waals surface area contributed by atoms with Gasteiger partial charge in [-0.05, 0) is 66.6 Å². The van der Waals surface area contributed by atoms with E-state index in [1.807, 2.05) is 45.9 Å². The summed E-state index contributed by atoms with van der Waals surface area (Å²) < 4.78 is 42.7. The maximum absolute atomic E-state index is 13.6. The molecule has 0 bridgehead atoms. The van der Waals surface area contributed by atoms with Crippen LogP contribution < -0.4 is 0 Å². The van der Waals surface area contributed by atoms with Crippen LogP contribution in [0.4, 0.5) is 13.2 Å². The SMILES string of the molecule is O=C(C1CC1)N1CC[C@H](Cn2c(-c3ccc(-c4ccc5[nH]ncc5c4)cc3)nc3ccc(C(F)(F)F)cc32)C1. The fourth-order valence-electron chi connectivity index (χ4n) is 5.67. The van der Waals surface area contributed by atoms with Gasteiger partial charge in [-0.15, -0.1) is 0 Å². The highest BCUT2D eigenvalue weighted by molar-refractivity contribution is 5.85. The van der Waals surface area contributed by atoms with Gasteiger partial charge in [0.15, 0.2) is 0 Å². The second-order valence-electron chi connectivity index (χ2n) is 10.7. The van der Waals surface area contributed by atoms with Crippen molar-refractivity contribution in [3.63, 3.8) is 0 Å². The number of nitrogens with zero attached hydrogens (tertiary/aromatic N) is 4. The Bertz CT molecular complexity index is 1700. The van der Waals surface area contributed by atoms with E-state index in [0.717, 1.165) is 52.9 Å². The van der Waals surface area contributed by atoms with Crippen LogP contribution in [0, 0.1) is 11.8 Å². The number of likely N-dealkylation sites (tertiary alicyclic amines) is 1. The van der Waals surface area contributed by atoms with Gasteiger partial charge < -0.3 is 9.47 Å². The lowest BCUT2D eigenvalue weighted by Gasteiger charge is -2.18. The topological polar surface area (TPSA) is 66.8 Å². The molecule has 6 nitrogen and oxygen atoms in total. The Labute approximate surface area is 222 Å². The summed E-state index contributed by atoms with van der Waals surface area (Å²) in [5.41, 5.74) is 4.16. The first-order valence-electron chi connectivity index (χ1n) is 13.2. The van der Waals surface area contributed by atoms with Crippen LogP contribution in [0.25, 0.3) is 44.5 Å². The normalized spacial score (nSPS) is 17.9. The molecule has 1 saturated heterocycles. The molecule has 39 heavy (non-hydrogen) atoms. The third kappa shape index (κ3) is 4.45. The van der Waals surface area contributed by atoms with Crippen molar-refractivity contribution in [1.29, 1.82) is 0 Å². The van der Waals surface area contributed by atoms with E-state index in [2.05, 4.69) is 16.3 Å². The van der Waals surface area contributed by atoms with E-state index >= 15 is 0 Å². The number of halogens is 3. The van der Waals surface area contributed by atoms with E-state index in [1.54, 1.807) is 6.20 Å². The van der Waals surface area contributed by atoms with Gasteiger partial charge in [0.1, 0.15) is 5.82 Å².